The molecule has 2 atom stereocenters. The van der Waals surface area contributed by atoms with Crippen molar-refractivity contribution in [2.24, 2.45) is 0 Å². The smallest absolute Gasteiger partial charge is 0.179 e. The van der Waals surface area contributed by atoms with Gasteiger partial charge in [-0.2, -0.15) is 17.0 Å². The molecular weight excluding hydrogens is 304 g/mol. The summed E-state index contributed by atoms with van der Waals surface area (Å²) >= 11 is 1.86. The third-order valence-corrected chi connectivity index (χ3v) is 6.78. The van der Waals surface area contributed by atoms with Crippen molar-refractivity contribution in [1.29, 1.82) is 5.26 Å². The Bertz CT molecular complexity index is 606. The molecule has 1 fully saturated rings. The van der Waals surface area contributed by atoms with Gasteiger partial charge in [0.1, 0.15) is 0 Å². The SMILES string of the molecule is CSC1CCCC1NCCS(=O)(=O)c1ccc(C#N)cc1. The average Bonchev–Trinajstić information content (AvgIpc) is 2.94. The summed E-state index contributed by atoms with van der Waals surface area (Å²) in [6.45, 7) is 0.476. The van der Waals surface area contributed by atoms with Crippen LogP contribution < -0.4 is 5.32 Å². The lowest BCUT2D eigenvalue weighted by Crippen LogP contribution is -2.37. The molecule has 0 radical (unpaired) electrons. The zero-order valence-corrected chi connectivity index (χ0v) is 13.7. The second-order valence-corrected chi connectivity index (χ2v) is 8.41. The second kappa shape index (κ2) is 7.30. The Balaban J connectivity index is 1.90. The fourth-order valence-corrected chi connectivity index (χ4v) is 4.81. The lowest BCUT2D eigenvalue weighted by Gasteiger charge is -2.19. The molecule has 1 aliphatic carbocycles. The highest BCUT2D eigenvalue weighted by atomic mass is 32.2. The summed E-state index contributed by atoms with van der Waals surface area (Å²) in [6, 6.07) is 8.52. The summed E-state index contributed by atoms with van der Waals surface area (Å²) in [6.07, 6.45) is 5.66. The zero-order valence-electron chi connectivity index (χ0n) is 12.1. The van der Waals surface area contributed by atoms with Gasteiger partial charge in [0.05, 0.1) is 22.3 Å². The number of thioether (sulfide) groups is 1. The third-order valence-electron chi connectivity index (χ3n) is 3.88. The second-order valence-electron chi connectivity index (χ2n) is 5.22. The summed E-state index contributed by atoms with van der Waals surface area (Å²) in [5.74, 6) is 0.0938. The molecule has 4 nitrogen and oxygen atoms in total. The maximum absolute atomic E-state index is 12.2. The number of hydrogen-bond donors (Lipinski definition) is 1. The van der Waals surface area contributed by atoms with E-state index in [0.29, 0.717) is 23.4 Å². The van der Waals surface area contributed by atoms with Gasteiger partial charge in [0.15, 0.2) is 9.84 Å². The minimum absolute atomic E-state index is 0.0938. The number of sulfone groups is 1. The van der Waals surface area contributed by atoms with Crippen LogP contribution in [0.1, 0.15) is 24.8 Å². The molecule has 2 rings (SSSR count). The minimum Gasteiger partial charge on any atom is -0.312 e. The number of hydrogen-bond acceptors (Lipinski definition) is 5. The van der Waals surface area contributed by atoms with E-state index >= 15 is 0 Å². The fraction of sp³-hybridized carbons (Fsp3) is 0.533. The molecule has 2 unspecified atom stereocenters. The Labute approximate surface area is 130 Å². The van der Waals surface area contributed by atoms with Crippen molar-refractivity contribution >= 4 is 21.6 Å². The van der Waals surface area contributed by atoms with Gasteiger partial charge in [-0.3, -0.25) is 0 Å². The maximum atomic E-state index is 12.2. The van der Waals surface area contributed by atoms with E-state index in [4.69, 9.17) is 5.26 Å². The van der Waals surface area contributed by atoms with E-state index in [1.165, 1.54) is 25.0 Å². The van der Waals surface area contributed by atoms with E-state index in [1.807, 2.05) is 17.8 Å². The van der Waals surface area contributed by atoms with Crippen molar-refractivity contribution in [1.82, 2.24) is 5.32 Å². The van der Waals surface area contributed by atoms with Crippen LogP contribution >= 0.6 is 11.8 Å². The van der Waals surface area contributed by atoms with E-state index in [9.17, 15) is 8.42 Å². The van der Waals surface area contributed by atoms with Crippen molar-refractivity contribution < 1.29 is 8.42 Å². The molecule has 1 aromatic carbocycles. The lowest BCUT2D eigenvalue weighted by molar-refractivity contribution is 0.543. The standard InChI is InChI=1S/C15H20N2O2S2/c1-20-15-4-2-3-14(15)17-9-10-21(18,19)13-7-5-12(11-16)6-8-13/h5-8,14-15,17H,2-4,9-10H2,1H3. The molecule has 1 aromatic rings. The first-order valence-electron chi connectivity index (χ1n) is 7.06. The number of nitrogens with one attached hydrogen (secondary N) is 1. The molecule has 114 valence electrons. The van der Waals surface area contributed by atoms with Crippen molar-refractivity contribution in [2.75, 3.05) is 18.6 Å². The van der Waals surface area contributed by atoms with Gasteiger partial charge < -0.3 is 5.32 Å². The quantitative estimate of drug-likeness (QED) is 0.869. The van der Waals surface area contributed by atoms with E-state index in [2.05, 4.69) is 11.6 Å². The third kappa shape index (κ3) is 4.22. The van der Waals surface area contributed by atoms with Crippen LogP contribution in [0.2, 0.25) is 0 Å². The van der Waals surface area contributed by atoms with Gasteiger partial charge in [0, 0.05) is 17.8 Å². The summed E-state index contributed by atoms with van der Waals surface area (Å²) in [5.41, 5.74) is 0.473. The summed E-state index contributed by atoms with van der Waals surface area (Å²) in [5, 5.41) is 12.7. The van der Waals surface area contributed by atoms with Crippen molar-refractivity contribution in [3.63, 3.8) is 0 Å². The van der Waals surface area contributed by atoms with Crippen LogP contribution in [0, 0.1) is 11.3 Å². The minimum atomic E-state index is -3.28. The number of benzene rings is 1. The lowest BCUT2D eigenvalue weighted by atomic mass is 10.2. The molecule has 1 saturated carbocycles. The monoisotopic (exact) mass is 324 g/mol. The normalized spacial score (nSPS) is 22.1. The van der Waals surface area contributed by atoms with E-state index in [-0.39, 0.29) is 10.6 Å². The largest absolute Gasteiger partial charge is 0.312 e. The number of rotatable bonds is 6. The van der Waals surface area contributed by atoms with Gasteiger partial charge in [-0.15, -0.1) is 0 Å². The van der Waals surface area contributed by atoms with Crippen LogP contribution in [0.25, 0.3) is 0 Å². The Kier molecular flexibility index (Phi) is 5.68. The van der Waals surface area contributed by atoms with Gasteiger partial charge in [0.25, 0.3) is 0 Å². The molecule has 0 bridgehead atoms. The van der Waals surface area contributed by atoms with Crippen molar-refractivity contribution in [3.05, 3.63) is 29.8 Å². The van der Waals surface area contributed by atoms with Crippen LogP contribution in [0.3, 0.4) is 0 Å². The number of nitriles is 1. The predicted octanol–water partition coefficient (Wildman–Crippen LogP) is 2.21. The molecule has 0 heterocycles. The maximum Gasteiger partial charge on any atom is 0.179 e. The highest BCUT2D eigenvalue weighted by molar-refractivity contribution is 7.99. The topological polar surface area (TPSA) is 70.0 Å². The van der Waals surface area contributed by atoms with Crippen molar-refractivity contribution in [2.45, 2.75) is 35.4 Å². The highest BCUT2D eigenvalue weighted by Crippen LogP contribution is 2.28. The van der Waals surface area contributed by atoms with Crippen molar-refractivity contribution in [3.8, 4) is 6.07 Å². The molecule has 0 aromatic heterocycles. The summed E-state index contributed by atoms with van der Waals surface area (Å²) in [7, 11) is -3.28. The molecule has 0 saturated heterocycles. The molecule has 1 N–H and O–H groups in total. The first kappa shape index (κ1) is 16.3. The van der Waals surface area contributed by atoms with Gasteiger partial charge in [-0.25, -0.2) is 8.42 Å². The molecule has 0 amide bonds. The zero-order chi connectivity index (χ0) is 15.3. The number of nitrogens with zero attached hydrogens (tertiary/aromatic N) is 1. The molecular formula is C15H20N2O2S2. The molecule has 6 heteroatoms. The molecule has 0 aliphatic heterocycles. The Morgan fingerprint density at radius 1 is 1.33 bits per heavy atom. The van der Waals surface area contributed by atoms with Gasteiger partial charge >= 0.3 is 0 Å². The Hall–Kier alpha value is -1.03. The van der Waals surface area contributed by atoms with E-state index < -0.39 is 9.84 Å². The van der Waals surface area contributed by atoms with E-state index in [0.717, 1.165) is 6.42 Å². The van der Waals surface area contributed by atoms with E-state index in [1.54, 1.807) is 12.1 Å². The molecule has 0 spiro atoms. The van der Waals surface area contributed by atoms with Crippen LogP contribution in [-0.2, 0) is 9.84 Å². The van der Waals surface area contributed by atoms with Crippen LogP contribution in [0.5, 0.6) is 0 Å². The van der Waals surface area contributed by atoms with Gasteiger partial charge in [0.2, 0.25) is 0 Å². The summed E-state index contributed by atoms with van der Waals surface area (Å²) in [4.78, 5) is 0.288. The van der Waals surface area contributed by atoms with Gasteiger partial charge in [-0.05, 0) is 43.4 Å². The van der Waals surface area contributed by atoms with Gasteiger partial charge in [-0.1, -0.05) is 6.42 Å². The van der Waals surface area contributed by atoms with Crippen LogP contribution in [-0.4, -0.2) is 38.3 Å². The molecule has 1 aliphatic rings. The first-order chi connectivity index (χ1) is 10.1. The van der Waals surface area contributed by atoms with Crippen LogP contribution in [0.4, 0.5) is 0 Å². The fourth-order valence-electron chi connectivity index (χ4n) is 2.67. The Morgan fingerprint density at radius 2 is 2.05 bits per heavy atom. The summed E-state index contributed by atoms with van der Waals surface area (Å²) < 4.78 is 24.5. The average molecular weight is 324 g/mol. The highest BCUT2D eigenvalue weighted by Gasteiger charge is 2.26. The first-order valence-corrected chi connectivity index (χ1v) is 10.00. The molecule has 21 heavy (non-hydrogen) atoms. The predicted molar refractivity (Wildman–Crippen MR) is 86.2 cm³/mol. The Morgan fingerprint density at radius 3 is 2.67 bits per heavy atom. The van der Waals surface area contributed by atoms with Crippen LogP contribution in [0.15, 0.2) is 29.2 Å².